The average Bonchev–Trinajstić information content (AvgIpc) is 2.27. The van der Waals surface area contributed by atoms with E-state index in [4.69, 9.17) is 4.74 Å². The van der Waals surface area contributed by atoms with Crippen molar-refractivity contribution in [1.82, 2.24) is 5.32 Å². The summed E-state index contributed by atoms with van der Waals surface area (Å²) < 4.78 is 5.79. The van der Waals surface area contributed by atoms with E-state index in [0.29, 0.717) is 12.1 Å². The lowest BCUT2D eigenvalue weighted by Gasteiger charge is -2.14. The van der Waals surface area contributed by atoms with Gasteiger partial charge in [0.05, 0.1) is 6.10 Å². The van der Waals surface area contributed by atoms with Gasteiger partial charge in [-0.2, -0.15) is 0 Å². The van der Waals surface area contributed by atoms with Gasteiger partial charge in [-0.25, -0.2) is 0 Å². The number of nitrogens with one attached hydrogen (secondary N) is 1. The van der Waals surface area contributed by atoms with Gasteiger partial charge in [0.15, 0.2) is 0 Å². The molecule has 0 aliphatic carbocycles. The van der Waals surface area contributed by atoms with Crippen molar-refractivity contribution in [3.8, 4) is 0 Å². The Hall–Kier alpha value is -0.0800. The first-order valence-corrected chi connectivity index (χ1v) is 7.51. The van der Waals surface area contributed by atoms with Crippen molar-refractivity contribution in [2.75, 3.05) is 13.2 Å². The van der Waals surface area contributed by atoms with Gasteiger partial charge in [-0.1, -0.05) is 52.9 Å². The zero-order valence-corrected chi connectivity index (χ0v) is 12.4. The third kappa shape index (κ3) is 13.9. The van der Waals surface area contributed by atoms with Crippen LogP contribution in [0.5, 0.6) is 0 Å². The van der Waals surface area contributed by atoms with Crippen LogP contribution in [0, 0.1) is 0 Å². The predicted molar refractivity (Wildman–Crippen MR) is 76.5 cm³/mol. The largest absolute Gasteiger partial charge is 0.378 e. The standard InChI is InChI=1S/C15H33NO/c1-5-6-7-8-9-10-13-17-15(4)11-12-16-14(2)3/h14-16H,5-13H2,1-4H3. The van der Waals surface area contributed by atoms with Crippen LogP contribution in [-0.2, 0) is 4.74 Å². The molecule has 0 rings (SSSR count). The number of unbranched alkanes of at least 4 members (excludes halogenated alkanes) is 5. The number of ether oxygens (including phenoxy) is 1. The molecule has 0 fully saturated rings. The highest BCUT2D eigenvalue weighted by Crippen LogP contribution is 2.06. The van der Waals surface area contributed by atoms with E-state index in [2.05, 4.69) is 33.0 Å². The van der Waals surface area contributed by atoms with E-state index >= 15 is 0 Å². The molecule has 0 bridgehead atoms. The normalized spacial score (nSPS) is 13.2. The van der Waals surface area contributed by atoms with Crippen molar-refractivity contribution in [3.63, 3.8) is 0 Å². The Morgan fingerprint density at radius 1 is 0.941 bits per heavy atom. The first-order chi connectivity index (χ1) is 8.16. The molecular weight excluding hydrogens is 210 g/mol. The monoisotopic (exact) mass is 243 g/mol. The molecule has 0 saturated heterocycles. The zero-order chi connectivity index (χ0) is 12.9. The molecule has 1 unspecified atom stereocenters. The Bertz CT molecular complexity index is 148. The molecule has 0 aromatic carbocycles. The second-order valence-electron chi connectivity index (χ2n) is 5.35. The second kappa shape index (κ2) is 12.4. The summed E-state index contributed by atoms with van der Waals surface area (Å²) in [5.41, 5.74) is 0. The Morgan fingerprint density at radius 3 is 2.24 bits per heavy atom. The van der Waals surface area contributed by atoms with Crippen LogP contribution < -0.4 is 5.32 Å². The van der Waals surface area contributed by atoms with Crippen LogP contribution in [0.3, 0.4) is 0 Å². The molecule has 0 amide bonds. The first-order valence-electron chi connectivity index (χ1n) is 7.51. The Labute approximate surface area is 109 Å². The SMILES string of the molecule is CCCCCCCCOC(C)CCNC(C)C. The van der Waals surface area contributed by atoms with Gasteiger partial charge in [-0.15, -0.1) is 0 Å². The van der Waals surface area contributed by atoms with Gasteiger partial charge in [-0.3, -0.25) is 0 Å². The fourth-order valence-electron chi connectivity index (χ4n) is 1.83. The molecule has 104 valence electrons. The fraction of sp³-hybridized carbons (Fsp3) is 1.00. The van der Waals surface area contributed by atoms with Gasteiger partial charge in [0.1, 0.15) is 0 Å². The van der Waals surface area contributed by atoms with Crippen molar-refractivity contribution in [1.29, 1.82) is 0 Å². The topological polar surface area (TPSA) is 21.3 Å². The van der Waals surface area contributed by atoms with Gasteiger partial charge in [-0.05, 0) is 26.3 Å². The van der Waals surface area contributed by atoms with Gasteiger partial charge in [0, 0.05) is 12.6 Å². The highest BCUT2D eigenvalue weighted by atomic mass is 16.5. The van der Waals surface area contributed by atoms with Crippen molar-refractivity contribution in [2.45, 2.75) is 84.8 Å². The summed E-state index contributed by atoms with van der Waals surface area (Å²) in [4.78, 5) is 0. The van der Waals surface area contributed by atoms with Crippen molar-refractivity contribution in [3.05, 3.63) is 0 Å². The maximum Gasteiger partial charge on any atom is 0.0559 e. The number of rotatable bonds is 12. The minimum atomic E-state index is 0.400. The van der Waals surface area contributed by atoms with E-state index in [1.165, 1.54) is 38.5 Å². The minimum Gasteiger partial charge on any atom is -0.378 e. The van der Waals surface area contributed by atoms with Crippen molar-refractivity contribution >= 4 is 0 Å². The molecule has 1 N–H and O–H groups in total. The van der Waals surface area contributed by atoms with Gasteiger partial charge < -0.3 is 10.1 Å². The van der Waals surface area contributed by atoms with Crippen LogP contribution in [0.2, 0.25) is 0 Å². The molecule has 2 heteroatoms. The summed E-state index contributed by atoms with van der Waals surface area (Å²) in [5, 5.41) is 3.42. The molecule has 0 aromatic rings. The average molecular weight is 243 g/mol. The maximum atomic E-state index is 5.79. The highest BCUT2D eigenvalue weighted by Gasteiger charge is 2.02. The summed E-state index contributed by atoms with van der Waals surface area (Å²) in [7, 11) is 0. The van der Waals surface area contributed by atoms with Crippen LogP contribution in [0.15, 0.2) is 0 Å². The minimum absolute atomic E-state index is 0.400. The number of hydrogen-bond acceptors (Lipinski definition) is 2. The second-order valence-corrected chi connectivity index (χ2v) is 5.35. The molecule has 0 aliphatic heterocycles. The zero-order valence-electron chi connectivity index (χ0n) is 12.4. The summed E-state index contributed by atoms with van der Waals surface area (Å²) >= 11 is 0. The maximum absolute atomic E-state index is 5.79. The lowest BCUT2D eigenvalue weighted by Crippen LogP contribution is -2.26. The third-order valence-corrected chi connectivity index (χ3v) is 3.00. The Morgan fingerprint density at radius 2 is 1.59 bits per heavy atom. The van der Waals surface area contributed by atoms with Crippen LogP contribution in [-0.4, -0.2) is 25.3 Å². The molecule has 17 heavy (non-hydrogen) atoms. The van der Waals surface area contributed by atoms with E-state index in [9.17, 15) is 0 Å². The molecular formula is C15H33NO. The van der Waals surface area contributed by atoms with Crippen LogP contribution in [0.4, 0.5) is 0 Å². The summed E-state index contributed by atoms with van der Waals surface area (Å²) in [5.74, 6) is 0. The molecule has 0 aromatic heterocycles. The summed E-state index contributed by atoms with van der Waals surface area (Å²) in [6.45, 7) is 10.8. The molecule has 2 nitrogen and oxygen atoms in total. The predicted octanol–water partition coefficient (Wildman–Crippen LogP) is 4.14. The fourth-order valence-corrected chi connectivity index (χ4v) is 1.83. The molecule has 1 atom stereocenters. The van der Waals surface area contributed by atoms with E-state index in [1.54, 1.807) is 0 Å². The van der Waals surface area contributed by atoms with Gasteiger partial charge in [0.2, 0.25) is 0 Å². The van der Waals surface area contributed by atoms with Gasteiger partial charge in [0.25, 0.3) is 0 Å². The van der Waals surface area contributed by atoms with Crippen molar-refractivity contribution < 1.29 is 4.74 Å². The van der Waals surface area contributed by atoms with E-state index in [-0.39, 0.29) is 0 Å². The lowest BCUT2D eigenvalue weighted by molar-refractivity contribution is 0.0573. The molecule has 0 radical (unpaired) electrons. The first kappa shape index (κ1) is 16.9. The third-order valence-electron chi connectivity index (χ3n) is 3.00. The highest BCUT2D eigenvalue weighted by molar-refractivity contribution is 4.57. The van der Waals surface area contributed by atoms with E-state index in [1.807, 2.05) is 0 Å². The molecule has 0 heterocycles. The van der Waals surface area contributed by atoms with Crippen LogP contribution >= 0.6 is 0 Å². The molecule has 0 saturated carbocycles. The van der Waals surface area contributed by atoms with E-state index < -0.39 is 0 Å². The summed E-state index contributed by atoms with van der Waals surface area (Å²) in [6, 6.07) is 0.584. The van der Waals surface area contributed by atoms with Crippen LogP contribution in [0.1, 0.15) is 72.6 Å². The Balaban J connectivity index is 3.13. The number of hydrogen-bond donors (Lipinski definition) is 1. The smallest absolute Gasteiger partial charge is 0.0559 e. The van der Waals surface area contributed by atoms with Crippen molar-refractivity contribution in [2.24, 2.45) is 0 Å². The molecule has 0 aliphatic rings. The van der Waals surface area contributed by atoms with E-state index in [0.717, 1.165) is 19.6 Å². The Kier molecular flexibility index (Phi) is 12.3. The van der Waals surface area contributed by atoms with Crippen LogP contribution in [0.25, 0.3) is 0 Å². The molecule has 0 spiro atoms. The lowest BCUT2D eigenvalue weighted by atomic mass is 10.1. The van der Waals surface area contributed by atoms with Gasteiger partial charge >= 0.3 is 0 Å². The summed E-state index contributed by atoms with van der Waals surface area (Å²) in [6.07, 6.45) is 9.56. The quantitative estimate of drug-likeness (QED) is 0.520.